The molecule has 1 heterocycles. The maximum Gasteiger partial charge on any atom is 0.337 e. The van der Waals surface area contributed by atoms with Gasteiger partial charge in [0.15, 0.2) is 0 Å². The van der Waals surface area contributed by atoms with Gasteiger partial charge in [0, 0.05) is 5.56 Å². The van der Waals surface area contributed by atoms with Crippen LogP contribution < -0.4 is 4.74 Å². The second kappa shape index (κ2) is 7.81. The van der Waals surface area contributed by atoms with Gasteiger partial charge in [-0.2, -0.15) is 0 Å². The molecule has 3 aromatic rings. The van der Waals surface area contributed by atoms with Crippen molar-refractivity contribution in [2.45, 2.75) is 6.61 Å². The molecule has 126 valence electrons. The Kier molecular flexibility index (Phi) is 5.31. The molecule has 1 aromatic heterocycles. The van der Waals surface area contributed by atoms with Crippen LogP contribution in [0.3, 0.4) is 0 Å². The van der Waals surface area contributed by atoms with Crippen LogP contribution in [-0.2, 0) is 11.3 Å². The van der Waals surface area contributed by atoms with Crippen LogP contribution in [0.25, 0.3) is 11.3 Å². The highest BCUT2D eigenvalue weighted by atomic mass is 35.5. The Hall–Kier alpha value is -2.85. The molecule has 0 atom stereocenters. The van der Waals surface area contributed by atoms with Crippen molar-refractivity contribution in [3.05, 3.63) is 83.0 Å². The number of rotatable bonds is 5. The lowest BCUT2D eigenvalue weighted by Crippen LogP contribution is -2.02. The zero-order chi connectivity index (χ0) is 17.6. The van der Waals surface area contributed by atoms with Gasteiger partial charge in [0.2, 0.25) is 0 Å². The van der Waals surface area contributed by atoms with Crippen LogP contribution >= 0.6 is 11.6 Å². The molecule has 0 radical (unpaired) electrons. The first kappa shape index (κ1) is 17.0. The highest BCUT2D eigenvalue weighted by Gasteiger charge is 2.13. The van der Waals surface area contributed by atoms with Gasteiger partial charge in [-0.15, -0.1) is 0 Å². The highest BCUT2D eigenvalue weighted by molar-refractivity contribution is 6.29. The molecule has 0 N–H and O–H groups in total. The van der Waals surface area contributed by atoms with E-state index in [0.717, 1.165) is 11.1 Å². The topological polar surface area (TPSA) is 48.4 Å². The largest absolute Gasteiger partial charge is 0.487 e. The molecule has 0 spiro atoms. The lowest BCUT2D eigenvalue weighted by atomic mass is 10.1. The number of benzene rings is 2. The van der Waals surface area contributed by atoms with Crippen LogP contribution in [0, 0.1) is 0 Å². The van der Waals surface area contributed by atoms with E-state index in [1.165, 1.54) is 7.11 Å². The van der Waals surface area contributed by atoms with Crippen molar-refractivity contribution in [2.24, 2.45) is 0 Å². The van der Waals surface area contributed by atoms with Crippen molar-refractivity contribution in [3.63, 3.8) is 0 Å². The molecule has 0 unspecified atom stereocenters. The smallest absolute Gasteiger partial charge is 0.337 e. The van der Waals surface area contributed by atoms with Crippen molar-refractivity contribution < 1.29 is 14.3 Å². The molecule has 5 heteroatoms. The second-order valence-corrected chi connectivity index (χ2v) is 5.71. The number of hydrogen-bond acceptors (Lipinski definition) is 4. The number of esters is 1. The fourth-order valence-corrected chi connectivity index (χ4v) is 2.54. The summed E-state index contributed by atoms with van der Waals surface area (Å²) in [6, 6.07) is 20.3. The van der Waals surface area contributed by atoms with Crippen molar-refractivity contribution in [3.8, 4) is 17.0 Å². The molecule has 0 aliphatic heterocycles. The number of aromatic nitrogens is 1. The van der Waals surface area contributed by atoms with E-state index in [1.807, 2.05) is 36.4 Å². The number of halogens is 1. The molecule has 0 saturated carbocycles. The predicted octanol–water partition coefficient (Wildman–Crippen LogP) is 4.77. The van der Waals surface area contributed by atoms with Crippen molar-refractivity contribution in [2.75, 3.05) is 7.11 Å². The van der Waals surface area contributed by atoms with Gasteiger partial charge in [-0.1, -0.05) is 54.1 Å². The van der Waals surface area contributed by atoms with E-state index < -0.39 is 5.97 Å². The summed E-state index contributed by atoms with van der Waals surface area (Å²) in [5.74, 6) is 0.186. The standard InChI is InChI=1S/C20H16ClNO3/c1-24-20(23)16-9-5-8-15(12-16)19-17(10-11-18(21)22-19)25-13-14-6-3-2-4-7-14/h2-12H,13H2,1H3. The van der Waals surface area contributed by atoms with Crippen LogP contribution in [0.1, 0.15) is 15.9 Å². The first-order valence-electron chi connectivity index (χ1n) is 7.69. The van der Waals surface area contributed by atoms with Gasteiger partial charge in [0.1, 0.15) is 23.2 Å². The predicted molar refractivity (Wildman–Crippen MR) is 96.8 cm³/mol. The molecule has 0 saturated heterocycles. The number of ether oxygens (including phenoxy) is 2. The number of carbonyl (C=O) groups excluding carboxylic acids is 1. The third-order valence-corrected chi connectivity index (χ3v) is 3.83. The summed E-state index contributed by atoms with van der Waals surface area (Å²) >= 11 is 6.06. The number of methoxy groups -OCH3 is 1. The average Bonchev–Trinajstić information content (AvgIpc) is 2.67. The summed E-state index contributed by atoms with van der Waals surface area (Å²) in [6.45, 7) is 0.411. The van der Waals surface area contributed by atoms with Gasteiger partial charge in [-0.05, 0) is 29.8 Å². The summed E-state index contributed by atoms with van der Waals surface area (Å²) in [7, 11) is 1.35. The minimum absolute atomic E-state index is 0.352. The summed E-state index contributed by atoms with van der Waals surface area (Å²) < 4.78 is 10.7. The van der Waals surface area contributed by atoms with Crippen LogP contribution in [0.4, 0.5) is 0 Å². The third kappa shape index (κ3) is 4.17. The lowest BCUT2D eigenvalue weighted by Gasteiger charge is -2.12. The van der Waals surface area contributed by atoms with Crippen molar-refractivity contribution >= 4 is 17.6 Å². The van der Waals surface area contributed by atoms with E-state index >= 15 is 0 Å². The molecule has 3 rings (SSSR count). The Morgan fingerprint density at radius 3 is 2.60 bits per heavy atom. The zero-order valence-corrected chi connectivity index (χ0v) is 14.4. The molecule has 4 nitrogen and oxygen atoms in total. The Bertz CT molecular complexity index is 881. The molecule has 0 fully saturated rings. The van der Waals surface area contributed by atoms with Crippen LogP contribution in [0.5, 0.6) is 5.75 Å². The number of pyridine rings is 1. The lowest BCUT2D eigenvalue weighted by molar-refractivity contribution is 0.0601. The Morgan fingerprint density at radius 2 is 1.84 bits per heavy atom. The molecule has 0 bridgehead atoms. The second-order valence-electron chi connectivity index (χ2n) is 5.33. The minimum Gasteiger partial charge on any atom is -0.487 e. The van der Waals surface area contributed by atoms with Crippen LogP contribution in [-0.4, -0.2) is 18.1 Å². The molecular formula is C20H16ClNO3. The van der Waals surface area contributed by atoms with Crippen LogP contribution in [0.15, 0.2) is 66.7 Å². The van der Waals surface area contributed by atoms with E-state index in [4.69, 9.17) is 21.1 Å². The van der Waals surface area contributed by atoms with E-state index in [2.05, 4.69) is 4.98 Å². The van der Waals surface area contributed by atoms with Crippen molar-refractivity contribution in [1.82, 2.24) is 4.98 Å². The summed E-state index contributed by atoms with van der Waals surface area (Å²) in [6.07, 6.45) is 0. The Balaban J connectivity index is 1.93. The number of nitrogens with zero attached hydrogens (tertiary/aromatic N) is 1. The SMILES string of the molecule is COC(=O)c1cccc(-c2nc(Cl)ccc2OCc2ccccc2)c1. The van der Waals surface area contributed by atoms with Gasteiger partial charge < -0.3 is 9.47 Å². The minimum atomic E-state index is -0.407. The fraction of sp³-hybridized carbons (Fsp3) is 0.100. The summed E-state index contributed by atoms with van der Waals surface area (Å²) in [4.78, 5) is 16.1. The highest BCUT2D eigenvalue weighted by Crippen LogP contribution is 2.31. The fourth-order valence-electron chi connectivity index (χ4n) is 2.39. The maximum atomic E-state index is 11.8. The number of hydrogen-bond donors (Lipinski definition) is 0. The van der Waals surface area contributed by atoms with E-state index in [0.29, 0.717) is 28.8 Å². The third-order valence-electron chi connectivity index (χ3n) is 3.62. The number of carbonyl (C=O) groups is 1. The monoisotopic (exact) mass is 353 g/mol. The van der Waals surface area contributed by atoms with Crippen LogP contribution in [0.2, 0.25) is 5.15 Å². The van der Waals surface area contributed by atoms with E-state index in [9.17, 15) is 4.79 Å². The molecule has 0 aliphatic carbocycles. The molecule has 0 aliphatic rings. The Labute approximate surface area is 151 Å². The first-order valence-corrected chi connectivity index (χ1v) is 8.07. The zero-order valence-electron chi connectivity index (χ0n) is 13.6. The average molecular weight is 354 g/mol. The van der Waals surface area contributed by atoms with E-state index in [1.54, 1.807) is 30.3 Å². The van der Waals surface area contributed by atoms with Gasteiger partial charge in [-0.3, -0.25) is 0 Å². The first-order chi connectivity index (χ1) is 12.2. The van der Waals surface area contributed by atoms with Gasteiger partial charge in [0.25, 0.3) is 0 Å². The molecular weight excluding hydrogens is 338 g/mol. The summed E-state index contributed by atoms with van der Waals surface area (Å²) in [5.41, 5.74) is 2.80. The van der Waals surface area contributed by atoms with Gasteiger partial charge >= 0.3 is 5.97 Å². The molecule has 2 aromatic carbocycles. The molecule has 25 heavy (non-hydrogen) atoms. The van der Waals surface area contributed by atoms with Gasteiger partial charge in [0.05, 0.1) is 12.7 Å². The molecule has 0 amide bonds. The van der Waals surface area contributed by atoms with Crippen molar-refractivity contribution in [1.29, 1.82) is 0 Å². The Morgan fingerprint density at radius 1 is 1.04 bits per heavy atom. The van der Waals surface area contributed by atoms with Gasteiger partial charge in [-0.25, -0.2) is 9.78 Å². The maximum absolute atomic E-state index is 11.8. The van der Waals surface area contributed by atoms with E-state index in [-0.39, 0.29) is 0 Å². The summed E-state index contributed by atoms with van der Waals surface area (Å²) in [5, 5.41) is 0.352. The normalized spacial score (nSPS) is 10.3. The quantitative estimate of drug-likeness (QED) is 0.490.